The molecule has 9 heteroatoms. The smallest absolute Gasteiger partial charge is 0.240 e. The van der Waals surface area contributed by atoms with Gasteiger partial charge in [-0.15, -0.1) is 0 Å². The van der Waals surface area contributed by atoms with E-state index < -0.39 is 10.0 Å². The molecule has 2 unspecified atom stereocenters. The summed E-state index contributed by atoms with van der Waals surface area (Å²) in [5.41, 5.74) is 5.72. The van der Waals surface area contributed by atoms with Crippen molar-refractivity contribution in [1.82, 2.24) is 19.5 Å². The number of aromatic nitrogens is 3. The number of rotatable bonds is 7. The molecule has 1 saturated carbocycles. The zero-order valence-electron chi connectivity index (χ0n) is 14.1. The standard InChI is InChI=1S/C16H23N5O3S/c1-21-16(18-11-19-21)10-24-13-5-7-14(8-6-13)25(22,23)20-15-4-2-3-12(15)9-17/h5-8,11-12,15,20H,2-4,9-10,17H2,1H3. The van der Waals surface area contributed by atoms with Crippen LogP contribution < -0.4 is 15.2 Å². The Hall–Kier alpha value is -1.97. The normalized spacial score (nSPS) is 20.7. The van der Waals surface area contributed by atoms with Gasteiger partial charge in [0.15, 0.2) is 5.82 Å². The number of hydrogen-bond acceptors (Lipinski definition) is 6. The largest absolute Gasteiger partial charge is 0.486 e. The van der Waals surface area contributed by atoms with Gasteiger partial charge in [-0.1, -0.05) is 6.42 Å². The number of nitrogens with two attached hydrogens (primary N) is 1. The molecule has 0 bridgehead atoms. The molecule has 136 valence electrons. The van der Waals surface area contributed by atoms with Crippen molar-refractivity contribution in [3.8, 4) is 5.75 Å². The highest BCUT2D eigenvalue weighted by Gasteiger charge is 2.30. The van der Waals surface area contributed by atoms with E-state index in [2.05, 4.69) is 14.8 Å². The van der Waals surface area contributed by atoms with E-state index in [0.717, 1.165) is 19.3 Å². The summed E-state index contributed by atoms with van der Waals surface area (Å²) >= 11 is 0. The zero-order valence-corrected chi connectivity index (χ0v) is 14.9. The van der Waals surface area contributed by atoms with Crippen molar-refractivity contribution in [2.45, 2.75) is 36.8 Å². The van der Waals surface area contributed by atoms with E-state index in [4.69, 9.17) is 10.5 Å². The molecule has 1 aromatic carbocycles. The third-order valence-corrected chi connectivity index (χ3v) is 6.08. The van der Waals surface area contributed by atoms with Crippen molar-refractivity contribution in [2.75, 3.05) is 6.54 Å². The van der Waals surface area contributed by atoms with Crippen molar-refractivity contribution < 1.29 is 13.2 Å². The molecule has 1 fully saturated rings. The first-order valence-corrected chi connectivity index (χ1v) is 9.76. The highest BCUT2D eigenvalue weighted by molar-refractivity contribution is 7.89. The summed E-state index contributed by atoms with van der Waals surface area (Å²) in [6.07, 6.45) is 4.26. The maximum atomic E-state index is 12.5. The van der Waals surface area contributed by atoms with Crippen molar-refractivity contribution in [1.29, 1.82) is 0 Å². The Morgan fingerprint density at radius 3 is 2.72 bits per heavy atom. The lowest BCUT2D eigenvalue weighted by Gasteiger charge is -2.19. The molecule has 1 heterocycles. The summed E-state index contributed by atoms with van der Waals surface area (Å²) in [6, 6.07) is 6.28. The van der Waals surface area contributed by atoms with E-state index in [-0.39, 0.29) is 23.5 Å². The van der Waals surface area contributed by atoms with Gasteiger partial charge >= 0.3 is 0 Å². The Labute approximate surface area is 147 Å². The Kier molecular flexibility index (Phi) is 5.36. The van der Waals surface area contributed by atoms with Crippen LogP contribution in [0.5, 0.6) is 5.75 Å². The molecule has 3 rings (SSSR count). The minimum Gasteiger partial charge on any atom is -0.486 e. The number of benzene rings is 1. The third-order valence-electron chi connectivity index (χ3n) is 4.58. The number of hydrogen-bond donors (Lipinski definition) is 2. The number of ether oxygens (including phenoxy) is 1. The molecule has 3 N–H and O–H groups in total. The molecular weight excluding hydrogens is 342 g/mol. The van der Waals surface area contributed by atoms with E-state index in [1.165, 1.54) is 6.33 Å². The SMILES string of the molecule is Cn1ncnc1COc1ccc(S(=O)(=O)NC2CCCC2CN)cc1. The molecule has 1 aromatic heterocycles. The van der Waals surface area contributed by atoms with Crippen molar-refractivity contribution >= 4 is 10.0 Å². The van der Waals surface area contributed by atoms with Gasteiger partial charge in [-0.2, -0.15) is 5.10 Å². The third kappa shape index (κ3) is 4.17. The lowest BCUT2D eigenvalue weighted by molar-refractivity contribution is 0.289. The lowest BCUT2D eigenvalue weighted by Crippen LogP contribution is -2.39. The fourth-order valence-electron chi connectivity index (χ4n) is 3.06. The second kappa shape index (κ2) is 7.51. The minimum atomic E-state index is -3.56. The molecule has 0 spiro atoms. The average Bonchev–Trinajstić information content (AvgIpc) is 3.21. The average molecular weight is 365 g/mol. The molecule has 25 heavy (non-hydrogen) atoms. The monoisotopic (exact) mass is 365 g/mol. The molecule has 8 nitrogen and oxygen atoms in total. The Morgan fingerprint density at radius 1 is 1.32 bits per heavy atom. The molecular formula is C16H23N5O3S. The van der Waals surface area contributed by atoms with Gasteiger partial charge in [-0.3, -0.25) is 4.68 Å². The summed E-state index contributed by atoms with van der Waals surface area (Å²) in [5.74, 6) is 1.47. The second-order valence-corrected chi connectivity index (χ2v) is 7.93. The van der Waals surface area contributed by atoms with Gasteiger partial charge in [0.05, 0.1) is 4.90 Å². The first kappa shape index (κ1) is 17.8. The molecule has 0 saturated heterocycles. The molecule has 0 aliphatic heterocycles. The topological polar surface area (TPSA) is 112 Å². The van der Waals surface area contributed by atoms with Gasteiger partial charge in [0.1, 0.15) is 18.7 Å². The van der Waals surface area contributed by atoms with Gasteiger partial charge in [0.25, 0.3) is 0 Å². The van der Waals surface area contributed by atoms with Crippen LogP contribution in [0.15, 0.2) is 35.5 Å². The van der Waals surface area contributed by atoms with E-state index >= 15 is 0 Å². The van der Waals surface area contributed by atoms with Gasteiger partial charge < -0.3 is 10.5 Å². The summed E-state index contributed by atoms with van der Waals surface area (Å²) in [5, 5.41) is 3.97. The summed E-state index contributed by atoms with van der Waals surface area (Å²) < 4.78 is 35.1. The zero-order chi connectivity index (χ0) is 17.9. The Bertz CT molecular complexity index is 803. The highest BCUT2D eigenvalue weighted by Crippen LogP contribution is 2.26. The van der Waals surface area contributed by atoms with Crippen LogP contribution in [0.25, 0.3) is 0 Å². The van der Waals surface area contributed by atoms with Crippen LogP contribution >= 0.6 is 0 Å². The van der Waals surface area contributed by atoms with Crippen LogP contribution in [0, 0.1) is 5.92 Å². The number of nitrogens with zero attached hydrogens (tertiary/aromatic N) is 3. The van der Waals surface area contributed by atoms with Crippen LogP contribution in [0.4, 0.5) is 0 Å². The van der Waals surface area contributed by atoms with Crippen molar-refractivity contribution in [3.05, 3.63) is 36.4 Å². The first-order valence-electron chi connectivity index (χ1n) is 8.28. The Morgan fingerprint density at radius 2 is 2.08 bits per heavy atom. The van der Waals surface area contributed by atoms with Gasteiger partial charge in [-0.25, -0.2) is 18.1 Å². The van der Waals surface area contributed by atoms with Crippen LogP contribution in [-0.4, -0.2) is 35.8 Å². The van der Waals surface area contributed by atoms with E-state index in [1.807, 2.05) is 0 Å². The number of sulfonamides is 1. The van der Waals surface area contributed by atoms with Gasteiger partial charge in [-0.05, 0) is 49.6 Å². The quantitative estimate of drug-likeness (QED) is 0.750. The number of aryl methyl sites for hydroxylation is 1. The summed E-state index contributed by atoms with van der Waals surface area (Å²) in [6.45, 7) is 0.767. The fraction of sp³-hybridized carbons (Fsp3) is 0.500. The van der Waals surface area contributed by atoms with Crippen LogP contribution in [-0.2, 0) is 23.7 Å². The molecule has 0 radical (unpaired) electrons. The summed E-state index contributed by atoms with van der Waals surface area (Å²) in [4.78, 5) is 4.29. The van der Waals surface area contributed by atoms with Gasteiger partial charge in [0, 0.05) is 13.1 Å². The molecule has 2 aromatic rings. The first-order chi connectivity index (χ1) is 12.0. The second-order valence-electron chi connectivity index (χ2n) is 6.21. The van der Waals surface area contributed by atoms with Gasteiger partial charge in [0.2, 0.25) is 10.0 Å². The van der Waals surface area contributed by atoms with Crippen LogP contribution in [0.3, 0.4) is 0 Å². The van der Waals surface area contributed by atoms with Crippen molar-refractivity contribution in [3.63, 3.8) is 0 Å². The van der Waals surface area contributed by atoms with E-state index in [0.29, 0.717) is 18.1 Å². The molecule has 1 aliphatic carbocycles. The van der Waals surface area contributed by atoms with Crippen molar-refractivity contribution in [2.24, 2.45) is 18.7 Å². The highest BCUT2D eigenvalue weighted by atomic mass is 32.2. The maximum absolute atomic E-state index is 12.5. The minimum absolute atomic E-state index is 0.0816. The number of nitrogens with one attached hydrogen (secondary N) is 1. The summed E-state index contributed by atoms with van der Waals surface area (Å²) in [7, 11) is -1.77. The fourth-order valence-corrected chi connectivity index (χ4v) is 4.39. The molecule has 2 atom stereocenters. The Balaban J connectivity index is 1.63. The molecule has 1 aliphatic rings. The van der Waals surface area contributed by atoms with Crippen LogP contribution in [0.1, 0.15) is 25.1 Å². The predicted molar refractivity (Wildman–Crippen MR) is 92.3 cm³/mol. The maximum Gasteiger partial charge on any atom is 0.240 e. The predicted octanol–water partition coefficient (Wildman–Crippen LogP) is 0.800. The molecule has 0 amide bonds. The van der Waals surface area contributed by atoms with E-state index in [1.54, 1.807) is 36.0 Å². The van der Waals surface area contributed by atoms with Crippen LogP contribution in [0.2, 0.25) is 0 Å². The van der Waals surface area contributed by atoms with E-state index in [9.17, 15) is 8.42 Å². The lowest BCUT2D eigenvalue weighted by atomic mass is 10.1.